The quantitative estimate of drug-likeness (QED) is 0.372. The van der Waals surface area contributed by atoms with Gasteiger partial charge in [0.2, 0.25) is 0 Å². The number of pyridine rings is 1. The number of hydrogen-bond acceptors (Lipinski definition) is 5. The number of amidine groups is 1. The molecule has 2 aromatic heterocycles. The molecule has 0 saturated carbocycles. The van der Waals surface area contributed by atoms with Crippen LogP contribution in [0.15, 0.2) is 41.0 Å². The number of rotatable bonds is 6. The Hall–Kier alpha value is -1.92. The van der Waals surface area contributed by atoms with Crippen LogP contribution in [-0.2, 0) is 13.0 Å². The van der Waals surface area contributed by atoms with Gasteiger partial charge in [0.05, 0.1) is 0 Å². The van der Waals surface area contributed by atoms with Gasteiger partial charge in [0.1, 0.15) is 5.69 Å². The maximum absolute atomic E-state index is 8.84. The monoisotopic (exact) mass is 304 g/mol. The molecule has 0 saturated heterocycles. The summed E-state index contributed by atoms with van der Waals surface area (Å²) in [5.41, 5.74) is 7.17. The molecule has 3 N–H and O–H groups in total. The van der Waals surface area contributed by atoms with Crippen LogP contribution in [0.1, 0.15) is 23.1 Å². The van der Waals surface area contributed by atoms with E-state index in [1.807, 2.05) is 12.1 Å². The lowest BCUT2D eigenvalue weighted by molar-refractivity contribution is 0.248. The molecule has 1 atom stereocenters. The molecule has 0 bridgehead atoms. The Morgan fingerprint density at radius 2 is 2.29 bits per heavy atom. The minimum atomic E-state index is 0.0462. The van der Waals surface area contributed by atoms with Crippen LogP contribution in [0.4, 0.5) is 0 Å². The number of oxime groups is 1. The topological polar surface area (TPSA) is 74.7 Å². The molecule has 6 heteroatoms. The van der Waals surface area contributed by atoms with E-state index in [9.17, 15) is 0 Å². The fourth-order valence-electron chi connectivity index (χ4n) is 2.14. The molecule has 0 spiro atoms. The number of nitrogens with zero attached hydrogens (tertiary/aromatic N) is 3. The predicted molar refractivity (Wildman–Crippen MR) is 85.7 cm³/mol. The van der Waals surface area contributed by atoms with Gasteiger partial charge < -0.3 is 10.9 Å². The average Bonchev–Trinajstić information content (AvgIpc) is 2.99. The summed E-state index contributed by atoms with van der Waals surface area (Å²) in [6.07, 6.45) is 2.65. The second-order valence-electron chi connectivity index (χ2n) is 5.04. The van der Waals surface area contributed by atoms with E-state index in [1.54, 1.807) is 17.5 Å². The van der Waals surface area contributed by atoms with Crippen molar-refractivity contribution in [2.24, 2.45) is 10.9 Å². The van der Waals surface area contributed by atoms with Crippen LogP contribution >= 0.6 is 11.3 Å². The van der Waals surface area contributed by atoms with Gasteiger partial charge in [-0.1, -0.05) is 17.3 Å². The summed E-state index contributed by atoms with van der Waals surface area (Å²) < 4.78 is 0. The third-order valence-corrected chi connectivity index (χ3v) is 4.39. The van der Waals surface area contributed by atoms with Crippen molar-refractivity contribution in [1.82, 2.24) is 9.88 Å². The van der Waals surface area contributed by atoms with E-state index in [1.165, 1.54) is 4.88 Å². The van der Waals surface area contributed by atoms with Gasteiger partial charge in [0.15, 0.2) is 5.84 Å². The first-order valence-electron chi connectivity index (χ1n) is 6.76. The molecule has 2 heterocycles. The lowest BCUT2D eigenvalue weighted by Gasteiger charge is -2.25. The number of likely N-dealkylation sites (N-methyl/N-ethyl adjacent to an activating group) is 1. The normalized spacial score (nSPS) is 13.6. The number of thiophene rings is 1. The molecule has 21 heavy (non-hydrogen) atoms. The highest BCUT2D eigenvalue weighted by atomic mass is 32.1. The minimum Gasteiger partial charge on any atom is -0.409 e. The summed E-state index contributed by atoms with van der Waals surface area (Å²) in [6, 6.07) is 8.44. The van der Waals surface area contributed by atoms with Crippen LogP contribution in [0.3, 0.4) is 0 Å². The van der Waals surface area contributed by atoms with E-state index in [0.717, 1.165) is 12.0 Å². The molecule has 0 amide bonds. The Kier molecular flexibility index (Phi) is 5.30. The molecule has 0 aliphatic carbocycles. The van der Waals surface area contributed by atoms with Gasteiger partial charge in [-0.25, -0.2) is 0 Å². The second kappa shape index (κ2) is 7.19. The van der Waals surface area contributed by atoms with E-state index in [2.05, 4.69) is 46.5 Å². The average molecular weight is 304 g/mol. The van der Waals surface area contributed by atoms with E-state index >= 15 is 0 Å². The summed E-state index contributed by atoms with van der Waals surface area (Å²) in [6.45, 7) is 2.89. The summed E-state index contributed by atoms with van der Waals surface area (Å²) >= 11 is 1.78. The SMILES string of the molecule is CC(Cc1cccs1)N(C)Cc1cccnc1C(N)=NO. The van der Waals surface area contributed by atoms with Crippen molar-refractivity contribution in [2.45, 2.75) is 25.9 Å². The van der Waals surface area contributed by atoms with Gasteiger partial charge in [-0.3, -0.25) is 9.88 Å². The van der Waals surface area contributed by atoms with Crippen LogP contribution in [0.5, 0.6) is 0 Å². The van der Waals surface area contributed by atoms with Gasteiger partial charge in [0, 0.05) is 23.7 Å². The fraction of sp³-hybridized carbons (Fsp3) is 0.333. The highest BCUT2D eigenvalue weighted by Gasteiger charge is 2.15. The van der Waals surface area contributed by atoms with E-state index in [4.69, 9.17) is 10.9 Å². The van der Waals surface area contributed by atoms with Crippen molar-refractivity contribution < 1.29 is 5.21 Å². The third-order valence-electron chi connectivity index (χ3n) is 3.49. The molecular weight excluding hydrogens is 284 g/mol. The Labute approximate surface area is 128 Å². The molecule has 1 unspecified atom stereocenters. The van der Waals surface area contributed by atoms with Crippen molar-refractivity contribution in [3.8, 4) is 0 Å². The second-order valence-corrected chi connectivity index (χ2v) is 6.08. The van der Waals surface area contributed by atoms with Crippen molar-refractivity contribution in [1.29, 1.82) is 0 Å². The fourth-order valence-corrected chi connectivity index (χ4v) is 2.97. The summed E-state index contributed by atoms with van der Waals surface area (Å²) in [5.74, 6) is 0.0462. The zero-order valence-corrected chi connectivity index (χ0v) is 13.0. The summed E-state index contributed by atoms with van der Waals surface area (Å²) in [5, 5.41) is 14.0. The molecule has 5 nitrogen and oxygen atoms in total. The van der Waals surface area contributed by atoms with Crippen LogP contribution in [0.25, 0.3) is 0 Å². The summed E-state index contributed by atoms with van der Waals surface area (Å²) in [7, 11) is 2.07. The van der Waals surface area contributed by atoms with Gasteiger partial charge in [0.25, 0.3) is 0 Å². The van der Waals surface area contributed by atoms with Gasteiger partial charge >= 0.3 is 0 Å². The maximum Gasteiger partial charge on any atom is 0.189 e. The van der Waals surface area contributed by atoms with E-state index in [0.29, 0.717) is 18.3 Å². The highest BCUT2D eigenvalue weighted by molar-refractivity contribution is 7.09. The molecule has 0 aliphatic rings. The molecule has 112 valence electrons. The Bertz CT molecular complexity index is 597. The first-order chi connectivity index (χ1) is 10.1. The molecule has 0 aromatic carbocycles. The zero-order chi connectivity index (χ0) is 15.2. The first-order valence-corrected chi connectivity index (χ1v) is 7.64. The van der Waals surface area contributed by atoms with Crippen LogP contribution < -0.4 is 5.73 Å². The van der Waals surface area contributed by atoms with Crippen LogP contribution in [0, 0.1) is 0 Å². The minimum absolute atomic E-state index is 0.0462. The molecule has 0 radical (unpaired) electrons. The molecular formula is C15H20N4OS. The first kappa shape index (κ1) is 15.5. The number of nitrogens with two attached hydrogens (primary N) is 1. The predicted octanol–water partition coefficient (Wildman–Crippen LogP) is 2.30. The van der Waals surface area contributed by atoms with Gasteiger partial charge in [-0.15, -0.1) is 11.3 Å². The number of aromatic nitrogens is 1. The van der Waals surface area contributed by atoms with Crippen molar-refractivity contribution in [3.63, 3.8) is 0 Å². The van der Waals surface area contributed by atoms with Crippen molar-refractivity contribution in [2.75, 3.05) is 7.05 Å². The zero-order valence-electron chi connectivity index (χ0n) is 12.2. The largest absolute Gasteiger partial charge is 0.409 e. The number of hydrogen-bond donors (Lipinski definition) is 2. The van der Waals surface area contributed by atoms with Crippen molar-refractivity contribution in [3.05, 3.63) is 52.0 Å². The highest BCUT2D eigenvalue weighted by Crippen LogP contribution is 2.16. The van der Waals surface area contributed by atoms with E-state index < -0.39 is 0 Å². The Morgan fingerprint density at radius 3 is 2.95 bits per heavy atom. The Morgan fingerprint density at radius 1 is 1.48 bits per heavy atom. The van der Waals surface area contributed by atoms with Gasteiger partial charge in [-0.2, -0.15) is 0 Å². The molecule has 2 aromatic rings. The van der Waals surface area contributed by atoms with Crippen LogP contribution in [-0.4, -0.2) is 34.0 Å². The molecule has 0 fully saturated rings. The maximum atomic E-state index is 8.84. The molecule has 2 rings (SSSR count). The lowest BCUT2D eigenvalue weighted by Crippen LogP contribution is -2.31. The third kappa shape index (κ3) is 4.03. The van der Waals surface area contributed by atoms with Crippen LogP contribution in [0.2, 0.25) is 0 Å². The lowest BCUT2D eigenvalue weighted by atomic mass is 10.1. The Balaban J connectivity index is 2.07. The van der Waals surface area contributed by atoms with Crippen molar-refractivity contribution >= 4 is 17.2 Å². The standard InChI is InChI=1S/C15H20N4OS/c1-11(9-13-6-4-8-21-13)19(2)10-12-5-3-7-17-14(12)15(16)18-20/h3-8,11,20H,9-10H2,1-2H3,(H2,16,18). The summed E-state index contributed by atoms with van der Waals surface area (Å²) in [4.78, 5) is 7.81. The molecule has 0 aliphatic heterocycles. The van der Waals surface area contributed by atoms with E-state index in [-0.39, 0.29) is 5.84 Å². The van der Waals surface area contributed by atoms with Gasteiger partial charge in [-0.05, 0) is 43.5 Å². The smallest absolute Gasteiger partial charge is 0.189 e.